The second-order valence-corrected chi connectivity index (χ2v) is 4.11. The molecule has 1 heterocycles. The van der Waals surface area contributed by atoms with Crippen LogP contribution in [0.25, 0.3) is 0 Å². The van der Waals surface area contributed by atoms with Gasteiger partial charge in [-0.1, -0.05) is 6.92 Å². The van der Waals surface area contributed by atoms with Gasteiger partial charge in [0.1, 0.15) is 5.78 Å². The Morgan fingerprint density at radius 3 is 2.73 bits per heavy atom. The zero-order valence-electron chi connectivity index (χ0n) is 9.86. The van der Waals surface area contributed by atoms with Gasteiger partial charge in [-0.2, -0.15) is 0 Å². The van der Waals surface area contributed by atoms with E-state index >= 15 is 0 Å². The van der Waals surface area contributed by atoms with E-state index in [9.17, 15) is 4.79 Å². The summed E-state index contributed by atoms with van der Waals surface area (Å²) in [7, 11) is 0. The molecule has 0 bridgehead atoms. The number of Topliss-reactive ketones (excluding diaryl/α,β-unsaturated/α-hetero) is 1. The van der Waals surface area contributed by atoms with Gasteiger partial charge in [0.2, 0.25) is 0 Å². The van der Waals surface area contributed by atoms with Gasteiger partial charge in [-0.05, 0) is 13.8 Å². The molecule has 0 aliphatic carbocycles. The minimum atomic E-state index is 0. The Balaban J connectivity index is 0.00000196. The van der Waals surface area contributed by atoms with Gasteiger partial charge in [0, 0.05) is 38.1 Å². The van der Waals surface area contributed by atoms with Crippen LogP contribution in [0.15, 0.2) is 0 Å². The van der Waals surface area contributed by atoms with E-state index in [0.29, 0.717) is 18.2 Å². The van der Waals surface area contributed by atoms with Crippen LogP contribution < -0.4 is 0 Å². The van der Waals surface area contributed by atoms with Crippen molar-refractivity contribution < 1.29 is 9.53 Å². The Hall–Kier alpha value is -0.120. The molecular weight excluding hydrogens is 214 g/mol. The molecule has 0 amide bonds. The lowest BCUT2D eigenvalue weighted by molar-refractivity contribution is -0.127. The fourth-order valence-electron chi connectivity index (χ4n) is 1.89. The molecule has 90 valence electrons. The monoisotopic (exact) mass is 235 g/mol. The maximum atomic E-state index is 11.4. The molecule has 1 aliphatic rings. The molecule has 2 unspecified atom stereocenters. The van der Waals surface area contributed by atoms with Crippen molar-refractivity contribution in [2.45, 2.75) is 33.2 Å². The van der Waals surface area contributed by atoms with E-state index < -0.39 is 0 Å². The molecule has 2 atom stereocenters. The van der Waals surface area contributed by atoms with Crippen LogP contribution in [0.2, 0.25) is 0 Å². The highest BCUT2D eigenvalue weighted by atomic mass is 35.5. The molecule has 15 heavy (non-hydrogen) atoms. The largest absolute Gasteiger partial charge is 0.380 e. The smallest absolute Gasteiger partial charge is 0.138 e. The molecule has 0 spiro atoms. The maximum absolute atomic E-state index is 11.4. The lowest BCUT2D eigenvalue weighted by atomic mass is 9.94. The van der Waals surface area contributed by atoms with E-state index in [1.54, 1.807) is 0 Å². The van der Waals surface area contributed by atoms with E-state index in [0.717, 1.165) is 26.3 Å². The van der Waals surface area contributed by atoms with Gasteiger partial charge in [-0.3, -0.25) is 9.69 Å². The first-order valence-electron chi connectivity index (χ1n) is 5.49. The first kappa shape index (κ1) is 14.9. The van der Waals surface area contributed by atoms with Gasteiger partial charge >= 0.3 is 0 Å². The van der Waals surface area contributed by atoms with Crippen LogP contribution in [0.4, 0.5) is 0 Å². The average Bonchev–Trinajstić information content (AvgIpc) is 2.14. The number of hydrogen-bond donors (Lipinski definition) is 0. The van der Waals surface area contributed by atoms with Crippen LogP contribution in [-0.2, 0) is 9.53 Å². The first-order valence-corrected chi connectivity index (χ1v) is 5.49. The van der Waals surface area contributed by atoms with Crippen molar-refractivity contribution in [1.29, 1.82) is 0 Å². The topological polar surface area (TPSA) is 29.5 Å². The number of likely N-dealkylation sites (tertiary alicyclic amines) is 1. The molecular formula is C11H22ClNO2. The molecule has 1 fully saturated rings. The predicted molar refractivity (Wildman–Crippen MR) is 63.6 cm³/mol. The van der Waals surface area contributed by atoms with Crippen LogP contribution in [0, 0.1) is 5.92 Å². The van der Waals surface area contributed by atoms with Crippen LogP contribution >= 0.6 is 12.4 Å². The number of ketones is 1. The van der Waals surface area contributed by atoms with Crippen LogP contribution in [0.1, 0.15) is 27.2 Å². The maximum Gasteiger partial charge on any atom is 0.138 e. The number of rotatable bonds is 4. The molecule has 1 aliphatic heterocycles. The normalized spacial score (nSPS) is 27.5. The summed E-state index contributed by atoms with van der Waals surface area (Å²) < 4.78 is 5.32. The Kier molecular flexibility index (Phi) is 7.14. The van der Waals surface area contributed by atoms with Gasteiger partial charge in [-0.25, -0.2) is 0 Å². The van der Waals surface area contributed by atoms with Gasteiger partial charge in [0.25, 0.3) is 0 Å². The summed E-state index contributed by atoms with van der Waals surface area (Å²) in [5, 5.41) is 0. The molecule has 0 radical (unpaired) electrons. The van der Waals surface area contributed by atoms with Crippen molar-refractivity contribution in [1.82, 2.24) is 4.90 Å². The summed E-state index contributed by atoms with van der Waals surface area (Å²) in [6, 6.07) is 0.388. The van der Waals surface area contributed by atoms with Gasteiger partial charge in [-0.15, -0.1) is 12.4 Å². The lowest BCUT2D eigenvalue weighted by Gasteiger charge is -2.35. The number of carbonyl (C=O) groups is 1. The standard InChI is InChI=1S/C11H21NO2.ClH/c1-4-14-6-5-12-8-9(2)11(13)7-10(12)3;/h9-10H,4-8H2,1-3H3;1H. The quantitative estimate of drug-likeness (QED) is 0.696. The third-order valence-electron chi connectivity index (χ3n) is 2.90. The van der Waals surface area contributed by atoms with Crippen molar-refractivity contribution in [3.63, 3.8) is 0 Å². The predicted octanol–water partition coefficient (Wildman–Crippen LogP) is 1.74. The average molecular weight is 236 g/mol. The number of nitrogens with zero attached hydrogens (tertiary/aromatic N) is 1. The summed E-state index contributed by atoms with van der Waals surface area (Å²) in [5.41, 5.74) is 0. The third-order valence-corrected chi connectivity index (χ3v) is 2.90. The molecule has 0 aromatic carbocycles. The molecule has 1 rings (SSSR count). The van der Waals surface area contributed by atoms with Crippen molar-refractivity contribution in [2.75, 3.05) is 26.3 Å². The van der Waals surface area contributed by atoms with E-state index in [2.05, 4.69) is 11.8 Å². The second-order valence-electron chi connectivity index (χ2n) is 4.11. The van der Waals surface area contributed by atoms with E-state index in [1.165, 1.54) is 0 Å². The minimum absolute atomic E-state index is 0. The van der Waals surface area contributed by atoms with Crippen molar-refractivity contribution in [3.8, 4) is 0 Å². The number of piperidine rings is 1. The Morgan fingerprint density at radius 2 is 2.13 bits per heavy atom. The fourth-order valence-corrected chi connectivity index (χ4v) is 1.89. The molecule has 0 aromatic rings. The zero-order chi connectivity index (χ0) is 10.6. The molecule has 1 saturated heterocycles. The highest BCUT2D eigenvalue weighted by Gasteiger charge is 2.28. The molecule has 4 heteroatoms. The van der Waals surface area contributed by atoms with Crippen molar-refractivity contribution in [2.24, 2.45) is 5.92 Å². The number of ether oxygens (including phenoxy) is 1. The second kappa shape index (κ2) is 7.20. The molecule has 3 nitrogen and oxygen atoms in total. The van der Waals surface area contributed by atoms with E-state index in [1.807, 2.05) is 13.8 Å². The number of halogens is 1. The summed E-state index contributed by atoms with van der Waals surface area (Å²) >= 11 is 0. The van der Waals surface area contributed by atoms with Gasteiger partial charge in [0.15, 0.2) is 0 Å². The van der Waals surface area contributed by atoms with Crippen LogP contribution in [0.5, 0.6) is 0 Å². The Morgan fingerprint density at radius 1 is 1.47 bits per heavy atom. The summed E-state index contributed by atoms with van der Waals surface area (Å²) in [6.45, 7) is 9.54. The molecule has 0 N–H and O–H groups in total. The van der Waals surface area contributed by atoms with E-state index in [4.69, 9.17) is 4.74 Å². The Labute approximate surface area is 98.6 Å². The van der Waals surface area contributed by atoms with Crippen molar-refractivity contribution >= 4 is 18.2 Å². The van der Waals surface area contributed by atoms with Crippen LogP contribution in [-0.4, -0.2) is 43.0 Å². The number of hydrogen-bond acceptors (Lipinski definition) is 3. The minimum Gasteiger partial charge on any atom is -0.380 e. The third kappa shape index (κ3) is 4.49. The highest BCUT2D eigenvalue weighted by molar-refractivity contribution is 5.85. The molecule has 0 aromatic heterocycles. The summed E-state index contributed by atoms with van der Waals surface area (Å²) in [5.74, 6) is 0.609. The first-order chi connectivity index (χ1) is 6.65. The summed E-state index contributed by atoms with van der Waals surface area (Å²) in [6.07, 6.45) is 0.702. The fraction of sp³-hybridized carbons (Fsp3) is 0.909. The van der Waals surface area contributed by atoms with E-state index in [-0.39, 0.29) is 18.3 Å². The van der Waals surface area contributed by atoms with Gasteiger partial charge in [0.05, 0.1) is 6.61 Å². The van der Waals surface area contributed by atoms with Crippen LogP contribution in [0.3, 0.4) is 0 Å². The van der Waals surface area contributed by atoms with Crippen molar-refractivity contribution in [3.05, 3.63) is 0 Å². The lowest BCUT2D eigenvalue weighted by Crippen LogP contribution is -2.46. The zero-order valence-corrected chi connectivity index (χ0v) is 10.7. The van der Waals surface area contributed by atoms with Gasteiger partial charge < -0.3 is 4.74 Å². The highest BCUT2D eigenvalue weighted by Crippen LogP contribution is 2.17. The molecule has 0 saturated carbocycles. The SMILES string of the molecule is CCOCCN1CC(C)C(=O)CC1C.Cl. The Bertz CT molecular complexity index is 199. The number of carbonyl (C=O) groups excluding carboxylic acids is 1. The summed E-state index contributed by atoms with van der Waals surface area (Å²) in [4.78, 5) is 13.8.